The van der Waals surface area contributed by atoms with E-state index >= 15 is 0 Å². The predicted octanol–water partition coefficient (Wildman–Crippen LogP) is 2.87. The normalized spacial score (nSPS) is 12.0. The summed E-state index contributed by atoms with van der Waals surface area (Å²) in [6, 6.07) is 7.53. The SMILES string of the molecule is COCCCNC(=O)NC(C)c1cccc(OC(C)C)c1. The summed E-state index contributed by atoms with van der Waals surface area (Å²) in [4.78, 5) is 11.8. The zero-order valence-corrected chi connectivity index (χ0v) is 13.3. The molecule has 1 unspecified atom stereocenters. The van der Waals surface area contributed by atoms with Gasteiger partial charge in [-0.25, -0.2) is 4.79 Å². The topological polar surface area (TPSA) is 59.6 Å². The molecular weight excluding hydrogens is 268 g/mol. The molecule has 2 N–H and O–H groups in total. The maximum absolute atomic E-state index is 11.8. The lowest BCUT2D eigenvalue weighted by Crippen LogP contribution is -2.37. The van der Waals surface area contributed by atoms with Gasteiger partial charge in [0.2, 0.25) is 0 Å². The fourth-order valence-corrected chi connectivity index (χ4v) is 1.88. The van der Waals surface area contributed by atoms with Crippen LogP contribution in [0, 0.1) is 0 Å². The largest absolute Gasteiger partial charge is 0.491 e. The van der Waals surface area contributed by atoms with Gasteiger partial charge in [-0.1, -0.05) is 12.1 Å². The molecule has 118 valence electrons. The zero-order chi connectivity index (χ0) is 15.7. The van der Waals surface area contributed by atoms with Crippen LogP contribution in [-0.2, 0) is 4.74 Å². The van der Waals surface area contributed by atoms with E-state index in [1.165, 1.54) is 0 Å². The third kappa shape index (κ3) is 6.99. The summed E-state index contributed by atoms with van der Waals surface area (Å²) in [5.74, 6) is 0.816. The van der Waals surface area contributed by atoms with Crippen molar-refractivity contribution in [1.29, 1.82) is 0 Å². The molecule has 1 atom stereocenters. The van der Waals surface area contributed by atoms with Gasteiger partial charge in [0, 0.05) is 20.3 Å². The van der Waals surface area contributed by atoms with E-state index in [4.69, 9.17) is 9.47 Å². The number of methoxy groups -OCH3 is 1. The molecule has 0 spiro atoms. The maximum Gasteiger partial charge on any atom is 0.315 e. The molecule has 0 bridgehead atoms. The van der Waals surface area contributed by atoms with Crippen LogP contribution in [0.1, 0.15) is 38.8 Å². The summed E-state index contributed by atoms with van der Waals surface area (Å²) < 4.78 is 10.6. The lowest BCUT2D eigenvalue weighted by molar-refractivity contribution is 0.193. The van der Waals surface area contributed by atoms with E-state index in [2.05, 4.69) is 10.6 Å². The minimum Gasteiger partial charge on any atom is -0.491 e. The van der Waals surface area contributed by atoms with Gasteiger partial charge in [-0.2, -0.15) is 0 Å². The van der Waals surface area contributed by atoms with E-state index < -0.39 is 0 Å². The number of ether oxygens (including phenoxy) is 2. The first-order valence-electron chi connectivity index (χ1n) is 7.33. The number of hydrogen-bond donors (Lipinski definition) is 2. The van der Waals surface area contributed by atoms with Crippen molar-refractivity contribution < 1.29 is 14.3 Å². The second kappa shape index (κ2) is 9.23. The number of benzene rings is 1. The Hall–Kier alpha value is -1.75. The first-order valence-corrected chi connectivity index (χ1v) is 7.33. The van der Waals surface area contributed by atoms with Crippen LogP contribution in [0.2, 0.25) is 0 Å². The van der Waals surface area contributed by atoms with Gasteiger partial charge >= 0.3 is 6.03 Å². The third-order valence-electron chi connectivity index (χ3n) is 2.89. The van der Waals surface area contributed by atoms with Gasteiger partial charge in [0.25, 0.3) is 0 Å². The standard InChI is InChI=1S/C16H26N2O3/c1-12(2)21-15-8-5-7-14(11-15)13(3)18-16(19)17-9-6-10-20-4/h5,7-8,11-13H,6,9-10H2,1-4H3,(H2,17,18,19). The van der Waals surface area contributed by atoms with Gasteiger partial charge in [-0.05, 0) is 44.9 Å². The monoisotopic (exact) mass is 294 g/mol. The van der Waals surface area contributed by atoms with Crippen LogP contribution in [0.3, 0.4) is 0 Å². The van der Waals surface area contributed by atoms with Crippen LogP contribution in [0.15, 0.2) is 24.3 Å². The lowest BCUT2D eigenvalue weighted by Gasteiger charge is -2.17. The second-order valence-corrected chi connectivity index (χ2v) is 5.21. The molecule has 0 aromatic heterocycles. The second-order valence-electron chi connectivity index (χ2n) is 5.21. The molecule has 0 saturated heterocycles. The Balaban J connectivity index is 2.47. The van der Waals surface area contributed by atoms with Gasteiger partial charge in [0.05, 0.1) is 12.1 Å². The Bertz CT molecular complexity index is 435. The minimum atomic E-state index is -0.172. The highest BCUT2D eigenvalue weighted by atomic mass is 16.5. The summed E-state index contributed by atoms with van der Waals surface area (Å²) in [5, 5.41) is 5.71. The maximum atomic E-state index is 11.8. The van der Waals surface area contributed by atoms with Crippen molar-refractivity contribution in [3.8, 4) is 5.75 Å². The Morgan fingerprint density at radius 3 is 2.71 bits per heavy atom. The summed E-state index contributed by atoms with van der Waals surface area (Å²) in [7, 11) is 1.65. The molecule has 1 rings (SSSR count). The van der Waals surface area contributed by atoms with E-state index in [9.17, 15) is 4.79 Å². The van der Waals surface area contributed by atoms with Crippen LogP contribution in [0.25, 0.3) is 0 Å². The molecule has 0 heterocycles. The van der Waals surface area contributed by atoms with Crippen LogP contribution in [0.5, 0.6) is 5.75 Å². The molecule has 0 aliphatic rings. The van der Waals surface area contributed by atoms with Crippen LogP contribution >= 0.6 is 0 Å². The van der Waals surface area contributed by atoms with E-state index in [1.54, 1.807) is 7.11 Å². The molecule has 0 radical (unpaired) electrons. The average Bonchev–Trinajstić information content (AvgIpc) is 2.43. The zero-order valence-electron chi connectivity index (χ0n) is 13.3. The average molecular weight is 294 g/mol. The first-order chi connectivity index (χ1) is 10.0. The summed E-state index contributed by atoms with van der Waals surface area (Å²) >= 11 is 0. The van der Waals surface area contributed by atoms with Crippen molar-refractivity contribution in [1.82, 2.24) is 10.6 Å². The molecule has 5 heteroatoms. The number of amides is 2. The number of nitrogens with one attached hydrogen (secondary N) is 2. The lowest BCUT2D eigenvalue weighted by atomic mass is 10.1. The predicted molar refractivity (Wildman–Crippen MR) is 83.6 cm³/mol. The van der Waals surface area contributed by atoms with Crippen molar-refractivity contribution in [3.63, 3.8) is 0 Å². The number of carbonyl (C=O) groups is 1. The van der Waals surface area contributed by atoms with Crippen molar-refractivity contribution in [2.24, 2.45) is 0 Å². The molecule has 1 aromatic carbocycles. The molecule has 0 aliphatic heterocycles. The molecule has 0 fully saturated rings. The van der Waals surface area contributed by atoms with Crippen molar-refractivity contribution in [3.05, 3.63) is 29.8 Å². The smallest absolute Gasteiger partial charge is 0.315 e. The van der Waals surface area contributed by atoms with E-state index in [-0.39, 0.29) is 18.2 Å². The van der Waals surface area contributed by atoms with Crippen LogP contribution < -0.4 is 15.4 Å². The Kier molecular flexibility index (Phi) is 7.61. The molecule has 5 nitrogen and oxygen atoms in total. The number of rotatable bonds is 8. The van der Waals surface area contributed by atoms with E-state index in [0.29, 0.717) is 13.2 Å². The quantitative estimate of drug-likeness (QED) is 0.725. The fourth-order valence-electron chi connectivity index (χ4n) is 1.88. The van der Waals surface area contributed by atoms with E-state index in [1.807, 2.05) is 45.0 Å². The molecule has 0 saturated carbocycles. The van der Waals surface area contributed by atoms with Gasteiger partial charge in [-0.3, -0.25) is 0 Å². The summed E-state index contributed by atoms with van der Waals surface area (Å²) in [6.07, 6.45) is 0.934. The Morgan fingerprint density at radius 1 is 1.29 bits per heavy atom. The van der Waals surface area contributed by atoms with Crippen molar-refractivity contribution in [2.75, 3.05) is 20.3 Å². The number of urea groups is 1. The highest BCUT2D eigenvalue weighted by Crippen LogP contribution is 2.19. The van der Waals surface area contributed by atoms with Crippen LogP contribution in [0.4, 0.5) is 4.79 Å². The fraction of sp³-hybridized carbons (Fsp3) is 0.562. The number of hydrogen-bond acceptors (Lipinski definition) is 3. The highest BCUT2D eigenvalue weighted by molar-refractivity contribution is 5.74. The molecule has 2 amide bonds. The molecule has 21 heavy (non-hydrogen) atoms. The highest BCUT2D eigenvalue weighted by Gasteiger charge is 2.10. The van der Waals surface area contributed by atoms with E-state index in [0.717, 1.165) is 17.7 Å². The Morgan fingerprint density at radius 2 is 2.05 bits per heavy atom. The van der Waals surface area contributed by atoms with Crippen molar-refractivity contribution in [2.45, 2.75) is 39.3 Å². The molecule has 1 aromatic rings. The van der Waals surface area contributed by atoms with Crippen LogP contribution in [-0.4, -0.2) is 32.4 Å². The van der Waals surface area contributed by atoms with Gasteiger partial charge in [0.15, 0.2) is 0 Å². The first kappa shape index (κ1) is 17.3. The number of carbonyl (C=O) groups excluding carboxylic acids is 1. The summed E-state index contributed by atoms with van der Waals surface area (Å²) in [6.45, 7) is 7.17. The minimum absolute atomic E-state index is 0.0804. The molecular formula is C16H26N2O3. The Labute approximate surface area is 127 Å². The molecule has 0 aliphatic carbocycles. The van der Waals surface area contributed by atoms with Crippen molar-refractivity contribution >= 4 is 6.03 Å². The van der Waals surface area contributed by atoms with Gasteiger partial charge < -0.3 is 20.1 Å². The summed E-state index contributed by atoms with van der Waals surface area (Å²) in [5.41, 5.74) is 1.01. The van der Waals surface area contributed by atoms with Gasteiger partial charge in [-0.15, -0.1) is 0 Å². The van der Waals surface area contributed by atoms with Gasteiger partial charge in [0.1, 0.15) is 5.75 Å². The third-order valence-corrected chi connectivity index (χ3v) is 2.89.